The molecule has 206 valence electrons. The summed E-state index contributed by atoms with van der Waals surface area (Å²) < 4.78 is 20.7. The molecule has 8 nitrogen and oxygen atoms in total. The molecule has 0 bridgehead atoms. The lowest BCUT2D eigenvalue weighted by Gasteiger charge is -2.39. The van der Waals surface area contributed by atoms with E-state index >= 15 is 0 Å². The van der Waals surface area contributed by atoms with Crippen LogP contribution in [0.3, 0.4) is 0 Å². The average Bonchev–Trinajstić information content (AvgIpc) is 3.20. The van der Waals surface area contributed by atoms with Gasteiger partial charge in [-0.25, -0.2) is 4.39 Å². The lowest BCUT2D eigenvalue weighted by atomic mass is 10.0. The molecule has 4 rings (SSSR count). The summed E-state index contributed by atoms with van der Waals surface area (Å²) in [6.07, 6.45) is 3.16. The van der Waals surface area contributed by atoms with Gasteiger partial charge in [-0.3, -0.25) is 19.1 Å². The molecule has 2 aromatic rings. The third-order valence-electron chi connectivity index (χ3n) is 6.94. The molecule has 1 amide bonds. The van der Waals surface area contributed by atoms with Gasteiger partial charge in [0.05, 0.1) is 4.91 Å². The number of carbonyl (C=O) groups is 1. The topological polar surface area (TPSA) is 81.8 Å². The number of aromatic nitrogens is 1. The fourth-order valence-electron chi connectivity index (χ4n) is 4.94. The second-order valence-corrected chi connectivity index (χ2v) is 11.1. The van der Waals surface area contributed by atoms with Crippen molar-refractivity contribution in [2.45, 2.75) is 33.2 Å². The first kappa shape index (κ1) is 28.8. The number of pyridine rings is 1. The molecule has 0 aliphatic carbocycles. The Morgan fingerprint density at radius 3 is 2.41 bits per heavy atom. The van der Waals surface area contributed by atoms with Crippen molar-refractivity contribution in [1.29, 1.82) is 5.26 Å². The lowest BCUT2D eigenvalue weighted by Crippen LogP contribution is -2.48. The number of benzene rings is 1. The van der Waals surface area contributed by atoms with Gasteiger partial charge in [-0.05, 0) is 55.7 Å². The highest BCUT2D eigenvalue weighted by Crippen LogP contribution is 2.36. The lowest BCUT2D eigenvalue weighted by molar-refractivity contribution is -0.122. The van der Waals surface area contributed by atoms with Crippen LogP contribution >= 0.6 is 24.0 Å². The van der Waals surface area contributed by atoms with E-state index in [-0.39, 0.29) is 22.8 Å². The maximum absolute atomic E-state index is 13.4. The van der Waals surface area contributed by atoms with Gasteiger partial charge in [0, 0.05) is 64.2 Å². The number of hydrogen-bond donors (Lipinski definition) is 0. The van der Waals surface area contributed by atoms with Crippen molar-refractivity contribution < 1.29 is 13.9 Å². The standard InChI is InChI=1S/C28H32FN5O3S2/c1-4-10-33-25(32-14-12-31(13-15-32)21-8-6-20(29)7-9-21)22(19(2)23(18-30)26(33)35)17-24-27(36)34(28(38)39-24)11-5-16-37-3/h6-9,17H,4-5,10-16H2,1-3H3. The number of thioether (sulfide) groups is 1. The van der Waals surface area contributed by atoms with E-state index in [1.165, 1.54) is 23.9 Å². The number of piperazine rings is 1. The Morgan fingerprint density at radius 1 is 1.13 bits per heavy atom. The summed E-state index contributed by atoms with van der Waals surface area (Å²) in [6.45, 7) is 7.76. The molecule has 0 radical (unpaired) electrons. The molecule has 2 aliphatic rings. The number of ether oxygens (including phenoxy) is 1. The Kier molecular flexibility index (Phi) is 9.43. The molecule has 39 heavy (non-hydrogen) atoms. The van der Waals surface area contributed by atoms with Crippen molar-refractivity contribution in [2.24, 2.45) is 0 Å². The van der Waals surface area contributed by atoms with E-state index in [4.69, 9.17) is 17.0 Å². The minimum atomic E-state index is -0.322. The third kappa shape index (κ3) is 6.03. The van der Waals surface area contributed by atoms with E-state index in [0.717, 1.165) is 5.69 Å². The van der Waals surface area contributed by atoms with Crippen LogP contribution in [0, 0.1) is 24.1 Å². The molecule has 2 aliphatic heterocycles. The van der Waals surface area contributed by atoms with Gasteiger partial charge in [0.15, 0.2) is 0 Å². The van der Waals surface area contributed by atoms with E-state index in [1.54, 1.807) is 41.7 Å². The Morgan fingerprint density at radius 2 is 1.79 bits per heavy atom. The van der Waals surface area contributed by atoms with Gasteiger partial charge in [0.25, 0.3) is 11.5 Å². The van der Waals surface area contributed by atoms with Crippen LogP contribution in [-0.2, 0) is 16.1 Å². The monoisotopic (exact) mass is 569 g/mol. The number of thiocarbonyl (C=S) groups is 1. The van der Waals surface area contributed by atoms with Gasteiger partial charge < -0.3 is 14.5 Å². The van der Waals surface area contributed by atoms with E-state index in [1.807, 2.05) is 6.92 Å². The van der Waals surface area contributed by atoms with Crippen molar-refractivity contribution in [3.8, 4) is 6.07 Å². The SMILES string of the molecule is CCCn1c(N2CCN(c3ccc(F)cc3)CC2)c(C=C2SC(=S)N(CCCOC)C2=O)c(C)c(C#N)c1=O. The molecular formula is C28H32FN5O3S2. The van der Waals surface area contributed by atoms with Crippen molar-refractivity contribution >= 4 is 51.8 Å². The van der Waals surface area contributed by atoms with Gasteiger partial charge in [-0.15, -0.1) is 0 Å². The van der Waals surface area contributed by atoms with Crippen molar-refractivity contribution in [3.63, 3.8) is 0 Å². The van der Waals surface area contributed by atoms with Crippen LogP contribution < -0.4 is 15.4 Å². The highest BCUT2D eigenvalue weighted by Gasteiger charge is 2.33. The Bertz CT molecular complexity index is 1380. The normalized spacial score (nSPS) is 16.9. The fraction of sp³-hybridized carbons (Fsp3) is 0.429. The molecule has 0 unspecified atom stereocenters. The Balaban J connectivity index is 1.74. The first-order chi connectivity index (χ1) is 18.8. The smallest absolute Gasteiger partial charge is 0.270 e. The maximum Gasteiger partial charge on any atom is 0.270 e. The largest absolute Gasteiger partial charge is 0.385 e. The number of halogens is 1. The van der Waals surface area contributed by atoms with Crippen LogP contribution in [0.5, 0.6) is 0 Å². The highest BCUT2D eigenvalue weighted by molar-refractivity contribution is 8.26. The first-order valence-electron chi connectivity index (χ1n) is 13.0. The summed E-state index contributed by atoms with van der Waals surface area (Å²) in [7, 11) is 1.62. The molecule has 2 fully saturated rings. The maximum atomic E-state index is 13.4. The fourth-order valence-corrected chi connectivity index (χ4v) is 6.23. The minimum Gasteiger partial charge on any atom is -0.385 e. The van der Waals surface area contributed by atoms with Crippen molar-refractivity contribution in [2.75, 3.05) is 56.2 Å². The molecule has 0 atom stereocenters. The second-order valence-electron chi connectivity index (χ2n) is 9.44. The Labute approximate surface area is 237 Å². The van der Waals surface area contributed by atoms with Gasteiger partial charge >= 0.3 is 0 Å². The van der Waals surface area contributed by atoms with Crippen LogP contribution in [0.25, 0.3) is 6.08 Å². The van der Waals surface area contributed by atoms with Crippen LogP contribution in [0.2, 0.25) is 0 Å². The number of hydrogen-bond acceptors (Lipinski definition) is 8. The number of methoxy groups -OCH3 is 1. The zero-order valence-electron chi connectivity index (χ0n) is 22.4. The van der Waals surface area contributed by atoms with Crippen LogP contribution in [0.15, 0.2) is 34.0 Å². The predicted octanol–water partition coefficient (Wildman–Crippen LogP) is 4.14. The predicted molar refractivity (Wildman–Crippen MR) is 158 cm³/mol. The van der Waals surface area contributed by atoms with Crippen LogP contribution in [0.4, 0.5) is 15.9 Å². The number of anilines is 2. The number of rotatable bonds is 9. The molecule has 3 heterocycles. The quantitative estimate of drug-likeness (QED) is 0.253. The van der Waals surface area contributed by atoms with E-state index in [0.29, 0.717) is 84.9 Å². The van der Waals surface area contributed by atoms with Crippen LogP contribution in [0.1, 0.15) is 36.5 Å². The molecule has 0 saturated carbocycles. The zero-order valence-corrected chi connectivity index (χ0v) is 24.0. The zero-order chi connectivity index (χ0) is 28.1. The summed E-state index contributed by atoms with van der Waals surface area (Å²) in [5.74, 6) is 0.254. The average molecular weight is 570 g/mol. The van der Waals surface area contributed by atoms with Crippen molar-refractivity contribution in [3.05, 3.63) is 62.0 Å². The summed E-state index contributed by atoms with van der Waals surface area (Å²) in [5, 5.41) is 9.87. The number of carbonyl (C=O) groups excluding carboxylic acids is 1. The number of nitrogens with zero attached hydrogens (tertiary/aromatic N) is 5. The first-order valence-corrected chi connectivity index (χ1v) is 14.2. The second kappa shape index (κ2) is 12.8. The highest BCUT2D eigenvalue weighted by atomic mass is 32.2. The molecule has 2 saturated heterocycles. The molecule has 11 heteroatoms. The van der Waals surface area contributed by atoms with E-state index in [2.05, 4.69) is 15.9 Å². The van der Waals surface area contributed by atoms with E-state index < -0.39 is 0 Å². The summed E-state index contributed by atoms with van der Waals surface area (Å²) in [5.41, 5.74) is 1.94. The van der Waals surface area contributed by atoms with Gasteiger partial charge in [-0.1, -0.05) is 30.9 Å². The summed E-state index contributed by atoms with van der Waals surface area (Å²) in [6, 6.07) is 8.53. The minimum absolute atomic E-state index is 0.0824. The molecule has 0 N–H and O–H groups in total. The molecule has 1 aromatic heterocycles. The number of nitriles is 1. The van der Waals surface area contributed by atoms with Gasteiger partial charge in [0.2, 0.25) is 0 Å². The molecular weight excluding hydrogens is 537 g/mol. The Hall–Kier alpha value is -3.20. The van der Waals surface area contributed by atoms with Crippen molar-refractivity contribution in [1.82, 2.24) is 9.47 Å². The number of amides is 1. The van der Waals surface area contributed by atoms with Gasteiger partial charge in [-0.2, -0.15) is 5.26 Å². The van der Waals surface area contributed by atoms with E-state index in [9.17, 15) is 19.2 Å². The summed E-state index contributed by atoms with van der Waals surface area (Å²) in [4.78, 5) is 33.1. The summed E-state index contributed by atoms with van der Waals surface area (Å²) >= 11 is 6.73. The van der Waals surface area contributed by atoms with Gasteiger partial charge in [0.1, 0.15) is 27.6 Å². The third-order valence-corrected chi connectivity index (χ3v) is 8.32. The molecule has 1 aromatic carbocycles. The molecule has 0 spiro atoms. The van der Waals surface area contributed by atoms with Crippen LogP contribution in [-0.4, -0.2) is 66.1 Å².